The Morgan fingerprint density at radius 1 is 1.14 bits per heavy atom. The Bertz CT molecular complexity index is 1010. The first-order valence-electron chi connectivity index (χ1n) is 8.98. The third kappa shape index (κ3) is 4.87. The Labute approximate surface area is 181 Å². The van der Waals surface area contributed by atoms with Gasteiger partial charge in [-0.05, 0) is 43.3 Å². The summed E-state index contributed by atoms with van der Waals surface area (Å²) in [6.45, 7) is 4.29. The van der Waals surface area contributed by atoms with Crippen molar-refractivity contribution in [2.75, 3.05) is 25.0 Å². The molecule has 1 aliphatic heterocycles. The number of imidazole rings is 1. The van der Waals surface area contributed by atoms with Gasteiger partial charge in [0.05, 0.1) is 17.4 Å². The van der Waals surface area contributed by atoms with Gasteiger partial charge in [-0.25, -0.2) is 4.98 Å². The highest BCUT2D eigenvalue weighted by Gasteiger charge is 2.24. The number of nitrogens with zero attached hydrogens (tertiary/aromatic N) is 2. The number of rotatable bonds is 3. The monoisotopic (exact) mass is 435 g/mol. The van der Waals surface area contributed by atoms with Crippen molar-refractivity contribution in [1.82, 2.24) is 20.2 Å². The highest BCUT2D eigenvalue weighted by atomic mass is 35.5. The Balaban J connectivity index is 0.00000150. The van der Waals surface area contributed by atoms with E-state index in [1.165, 1.54) is 0 Å². The fourth-order valence-corrected chi connectivity index (χ4v) is 3.32. The van der Waals surface area contributed by atoms with E-state index in [9.17, 15) is 9.59 Å². The number of nitrogens with one attached hydrogen (secondary N) is 3. The number of piperazine rings is 1. The Morgan fingerprint density at radius 2 is 1.97 bits per heavy atom. The molecule has 2 heterocycles. The fourth-order valence-electron chi connectivity index (χ4n) is 3.32. The lowest BCUT2D eigenvalue weighted by atomic mass is 10.1. The van der Waals surface area contributed by atoms with Gasteiger partial charge in [0.15, 0.2) is 0 Å². The maximum Gasteiger partial charge on any atom is 0.255 e. The van der Waals surface area contributed by atoms with Gasteiger partial charge in [-0.1, -0.05) is 6.07 Å². The van der Waals surface area contributed by atoms with E-state index in [1.54, 1.807) is 48.8 Å². The van der Waals surface area contributed by atoms with Crippen molar-refractivity contribution in [2.45, 2.75) is 13.0 Å². The normalized spacial score (nSPS) is 15.9. The van der Waals surface area contributed by atoms with Crippen LogP contribution in [0.15, 0.2) is 48.8 Å². The number of aromatic nitrogens is 2. The standard InChI is InChI=1S/C20H21N5O2.2ClH/c1-13-11-21-7-8-25(13)20(27)15-3-2-4-16(9-15)24-19(26)14-5-6-17-18(10-14)23-12-22-17;;/h2-6,9-10,12-13,21H,7-8,11H2,1H3,(H,22,23)(H,24,26);2*1H/t13-;;/m0../s1. The van der Waals surface area contributed by atoms with E-state index >= 15 is 0 Å². The van der Waals surface area contributed by atoms with Crippen molar-refractivity contribution >= 4 is 53.3 Å². The average Bonchev–Trinajstić information content (AvgIpc) is 3.16. The molecule has 1 aliphatic rings. The molecule has 1 atom stereocenters. The molecule has 1 aromatic heterocycles. The van der Waals surface area contributed by atoms with Gasteiger partial charge in [-0.3, -0.25) is 9.59 Å². The van der Waals surface area contributed by atoms with Gasteiger partial charge in [0.1, 0.15) is 0 Å². The second-order valence-electron chi connectivity index (χ2n) is 6.72. The number of amides is 2. The molecular weight excluding hydrogens is 413 g/mol. The number of benzene rings is 2. The van der Waals surface area contributed by atoms with Crippen molar-refractivity contribution in [1.29, 1.82) is 0 Å². The van der Waals surface area contributed by atoms with Crippen LogP contribution in [0.3, 0.4) is 0 Å². The fraction of sp³-hybridized carbons (Fsp3) is 0.250. The van der Waals surface area contributed by atoms with Crippen molar-refractivity contribution in [3.05, 3.63) is 59.9 Å². The van der Waals surface area contributed by atoms with Crippen molar-refractivity contribution < 1.29 is 9.59 Å². The number of hydrogen-bond donors (Lipinski definition) is 3. The van der Waals surface area contributed by atoms with Crippen LogP contribution in [0.2, 0.25) is 0 Å². The Hall–Kier alpha value is -2.61. The molecule has 1 fully saturated rings. The number of halogens is 2. The lowest BCUT2D eigenvalue weighted by Crippen LogP contribution is -2.52. The van der Waals surface area contributed by atoms with Crippen LogP contribution in [0.25, 0.3) is 11.0 Å². The SMILES string of the molecule is C[C@H]1CNCCN1C(=O)c1cccc(NC(=O)c2ccc3nc[nH]c3c2)c1.Cl.Cl. The van der Waals surface area contributed by atoms with Crippen LogP contribution in [0.1, 0.15) is 27.6 Å². The van der Waals surface area contributed by atoms with E-state index in [-0.39, 0.29) is 42.7 Å². The van der Waals surface area contributed by atoms with Crippen LogP contribution in [-0.2, 0) is 0 Å². The highest BCUT2D eigenvalue weighted by molar-refractivity contribution is 6.06. The van der Waals surface area contributed by atoms with Crippen LogP contribution in [-0.4, -0.2) is 52.4 Å². The van der Waals surface area contributed by atoms with E-state index in [0.717, 1.165) is 24.1 Å². The van der Waals surface area contributed by atoms with E-state index < -0.39 is 0 Å². The molecule has 0 bridgehead atoms. The molecule has 3 aromatic rings. The van der Waals surface area contributed by atoms with Crippen LogP contribution in [0.5, 0.6) is 0 Å². The summed E-state index contributed by atoms with van der Waals surface area (Å²) < 4.78 is 0. The molecule has 0 unspecified atom stereocenters. The minimum Gasteiger partial charge on any atom is -0.345 e. The van der Waals surface area contributed by atoms with Crippen LogP contribution in [0, 0.1) is 0 Å². The molecule has 0 radical (unpaired) electrons. The molecule has 3 N–H and O–H groups in total. The van der Waals surface area contributed by atoms with Crippen LogP contribution in [0.4, 0.5) is 5.69 Å². The number of anilines is 1. The molecule has 7 nitrogen and oxygen atoms in total. The van der Waals surface area contributed by atoms with Gasteiger partial charge < -0.3 is 20.5 Å². The summed E-state index contributed by atoms with van der Waals surface area (Å²) in [4.78, 5) is 34.4. The van der Waals surface area contributed by atoms with E-state index in [0.29, 0.717) is 23.4 Å². The van der Waals surface area contributed by atoms with Gasteiger partial charge in [-0.15, -0.1) is 24.8 Å². The molecule has 154 valence electrons. The zero-order chi connectivity index (χ0) is 18.8. The van der Waals surface area contributed by atoms with Crippen molar-refractivity contribution in [3.8, 4) is 0 Å². The van der Waals surface area contributed by atoms with E-state index in [2.05, 4.69) is 20.6 Å². The molecule has 2 aromatic carbocycles. The highest BCUT2D eigenvalue weighted by Crippen LogP contribution is 2.17. The summed E-state index contributed by atoms with van der Waals surface area (Å²) in [6, 6.07) is 12.5. The molecule has 0 aliphatic carbocycles. The topological polar surface area (TPSA) is 90.1 Å². The number of carbonyl (C=O) groups excluding carboxylic acids is 2. The summed E-state index contributed by atoms with van der Waals surface area (Å²) >= 11 is 0. The van der Waals surface area contributed by atoms with E-state index in [4.69, 9.17) is 0 Å². The number of hydrogen-bond acceptors (Lipinski definition) is 4. The van der Waals surface area contributed by atoms with Gasteiger partial charge in [0, 0.05) is 42.5 Å². The third-order valence-corrected chi connectivity index (χ3v) is 4.81. The molecular formula is C20H23Cl2N5O2. The van der Waals surface area contributed by atoms with Crippen LogP contribution >= 0.6 is 24.8 Å². The second-order valence-corrected chi connectivity index (χ2v) is 6.72. The Kier molecular flexibility index (Phi) is 7.61. The van der Waals surface area contributed by atoms with Gasteiger partial charge in [-0.2, -0.15) is 0 Å². The lowest BCUT2D eigenvalue weighted by molar-refractivity contribution is 0.0655. The second kappa shape index (κ2) is 9.73. The average molecular weight is 436 g/mol. The first-order valence-corrected chi connectivity index (χ1v) is 8.98. The molecule has 2 amide bonds. The van der Waals surface area contributed by atoms with Crippen molar-refractivity contribution in [3.63, 3.8) is 0 Å². The third-order valence-electron chi connectivity index (χ3n) is 4.81. The molecule has 1 saturated heterocycles. The summed E-state index contributed by atoms with van der Waals surface area (Å²) in [6.07, 6.45) is 1.60. The largest absolute Gasteiger partial charge is 0.345 e. The summed E-state index contributed by atoms with van der Waals surface area (Å²) in [5.74, 6) is -0.245. The number of carbonyl (C=O) groups is 2. The van der Waals surface area contributed by atoms with Crippen molar-refractivity contribution in [2.24, 2.45) is 0 Å². The molecule has 0 spiro atoms. The van der Waals surface area contributed by atoms with Gasteiger partial charge >= 0.3 is 0 Å². The van der Waals surface area contributed by atoms with Gasteiger partial charge in [0.2, 0.25) is 0 Å². The molecule has 29 heavy (non-hydrogen) atoms. The maximum absolute atomic E-state index is 12.8. The van der Waals surface area contributed by atoms with Crippen LogP contribution < -0.4 is 10.6 Å². The number of fused-ring (bicyclic) bond motifs is 1. The zero-order valence-corrected chi connectivity index (χ0v) is 17.5. The minimum atomic E-state index is -0.230. The minimum absolute atomic E-state index is 0. The lowest BCUT2D eigenvalue weighted by Gasteiger charge is -2.34. The Morgan fingerprint density at radius 3 is 2.76 bits per heavy atom. The van der Waals surface area contributed by atoms with Gasteiger partial charge in [0.25, 0.3) is 11.8 Å². The summed E-state index contributed by atoms with van der Waals surface area (Å²) in [5, 5.41) is 6.15. The number of aromatic amines is 1. The predicted molar refractivity (Wildman–Crippen MR) is 118 cm³/mol. The predicted octanol–water partition coefficient (Wildman–Crippen LogP) is 3.09. The first-order chi connectivity index (χ1) is 13.1. The quantitative estimate of drug-likeness (QED) is 0.589. The zero-order valence-electron chi connectivity index (χ0n) is 15.8. The first kappa shape index (κ1) is 22.7. The summed E-state index contributed by atoms with van der Waals surface area (Å²) in [5.41, 5.74) is 3.31. The molecule has 9 heteroatoms. The van der Waals surface area contributed by atoms with E-state index in [1.807, 2.05) is 11.8 Å². The maximum atomic E-state index is 12.8. The molecule has 0 saturated carbocycles. The summed E-state index contributed by atoms with van der Waals surface area (Å²) in [7, 11) is 0. The smallest absolute Gasteiger partial charge is 0.255 e. The molecule has 4 rings (SSSR count). The number of H-pyrrole nitrogens is 1.